The van der Waals surface area contributed by atoms with Crippen molar-refractivity contribution in [3.8, 4) is 0 Å². The maximum absolute atomic E-state index is 11.2. The summed E-state index contributed by atoms with van der Waals surface area (Å²) in [6.07, 6.45) is 0. The second-order valence-electron chi connectivity index (χ2n) is 4.14. The Kier molecular flexibility index (Phi) is 9.09. The first-order valence-electron chi connectivity index (χ1n) is 5.58. The summed E-state index contributed by atoms with van der Waals surface area (Å²) >= 11 is 0. The van der Waals surface area contributed by atoms with Gasteiger partial charge in [-0.05, 0) is 18.2 Å². The van der Waals surface area contributed by atoms with Gasteiger partial charge in [-0.25, -0.2) is 16.8 Å². The third-order valence-electron chi connectivity index (χ3n) is 2.84. The van der Waals surface area contributed by atoms with E-state index in [9.17, 15) is 25.9 Å². The molecule has 22 heavy (non-hydrogen) atoms. The number of benzene rings is 1. The number of rotatable bonds is 3. The van der Waals surface area contributed by atoms with E-state index in [4.69, 9.17) is 4.74 Å². The van der Waals surface area contributed by atoms with Crippen LogP contribution in [0.25, 0.3) is 0 Å². The van der Waals surface area contributed by atoms with E-state index in [1.807, 2.05) is 0 Å². The van der Waals surface area contributed by atoms with Gasteiger partial charge in [0.15, 0.2) is 0 Å². The molecule has 8 nitrogen and oxygen atoms in total. The van der Waals surface area contributed by atoms with Crippen molar-refractivity contribution in [2.75, 3.05) is 31.2 Å². The van der Waals surface area contributed by atoms with Crippen LogP contribution in [0.2, 0.25) is 0 Å². The monoisotopic (exact) mass is 367 g/mol. The van der Waals surface area contributed by atoms with E-state index in [1.165, 1.54) is 4.90 Å². The van der Waals surface area contributed by atoms with Crippen molar-refractivity contribution in [2.24, 2.45) is 0 Å². The zero-order chi connectivity index (χ0) is 15.0. The average molecular weight is 367 g/mol. The molecule has 0 bridgehead atoms. The molecule has 12 heteroatoms. The first-order chi connectivity index (χ1) is 9.19. The largest absolute Gasteiger partial charge is 1.00 e. The summed E-state index contributed by atoms with van der Waals surface area (Å²) in [6.45, 7) is 1.22. The van der Waals surface area contributed by atoms with Crippen molar-refractivity contribution < 1.29 is 89.8 Å². The second-order valence-corrected chi connectivity index (χ2v) is 6.86. The fourth-order valence-electron chi connectivity index (χ4n) is 1.92. The van der Waals surface area contributed by atoms with Crippen molar-refractivity contribution in [2.45, 2.75) is 9.79 Å². The minimum Gasteiger partial charge on any atom is -0.744 e. The summed E-state index contributed by atoms with van der Waals surface area (Å²) in [5, 5.41) is 0. The molecule has 0 atom stereocenters. The van der Waals surface area contributed by atoms with Crippen LogP contribution < -0.4 is 64.0 Å². The molecule has 2 rings (SSSR count). The van der Waals surface area contributed by atoms with Crippen molar-refractivity contribution in [1.29, 1.82) is 0 Å². The van der Waals surface area contributed by atoms with Crippen LogP contribution in [0, 0.1) is 0 Å². The van der Waals surface area contributed by atoms with E-state index in [2.05, 4.69) is 0 Å². The van der Waals surface area contributed by atoms with E-state index in [0.29, 0.717) is 26.3 Å². The number of anilines is 1. The molecule has 1 heterocycles. The van der Waals surface area contributed by atoms with Gasteiger partial charge in [0.25, 0.3) is 0 Å². The Bertz CT molecular complexity index is 715. The molecule has 1 aromatic carbocycles. The van der Waals surface area contributed by atoms with Crippen molar-refractivity contribution >= 4 is 25.9 Å². The van der Waals surface area contributed by atoms with Gasteiger partial charge in [0.1, 0.15) is 20.2 Å². The summed E-state index contributed by atoms with van der Waals surface area (Å²) in [6, 6.07) is 2.58. The molecular formula is C10H11NNa2O7S2. The van der Waals surface area contributed by atoms with Crippen molar-refractivity contribution in [3.63, 3.8) is 0 Å². The van der Waals surface area contributed by atoms with Crippen LogP contribution in [0.1, 0.15) is 0 Å². The molecule has 0 aliphatic carbocycles. The fourth-order valence-corrected chi connectivity index (χ4v) is 3.09. The Labute approximate surface area is 173 Å². The van der Waals surface area contributed by atoms with Crippen molar-refractivity contribution in [3.05, 3.63) is 18.2 Å². The van der Waals surface area contributed by atoms with Crippen LogP contribution in [-0.2, 0) is 25.0 Å². The third kappa shape index (κ3) is 5.71. The van der Waals surface area contributed by atoms with Gasteiger partial charge in [0.05, 0.1) is 28.7 Å². The van der Waals surface area contributed by atoms with Crippen molar-refractivity contribution in [1.82, 2.24) is 0 Å². The zero-order valence-electron chi connectivity index (χ0n) is 12.2. The molecule has 112 valence electrons. The van der Waals surface area contributed by atoms with Crippen LogP contribution >= 0.6 is 0 Å². The van der Waals surface area contributed by atoms with Gasteiger partial charge in [0, 0.05) is 13.1 Å². The van der Waals surface area contributed by atoms with Crippen LogP contribution in [0.3, 0.4) is 0 Å². The molecule has 0 aromatic heterocycles. The standard InChI is InChI=1S/C10H13NO7S2.2Na/c12-19(13,14)8-1-2-10(20(15,16)17)9(7-8)11-3-5-18-6-4-11;;/h1-2,7H,3-6H2,(H,12,13,14)(H,15,16,17);;/q;2*+1/p-2. The predicted molar refractivity (Wildman–Crippen MR) is 65.4 cm³/mol. The molecule has 0 spiro atoms. The van der Waals surface area contributed by atoms with Gasteiger partial charge < -0.3 is 18.7 Å². The maximum atomic E-state index is 11.2. The normalized spacial score (nSPS) is 15.6. The number of nitrogens with zero attached hydrogens (tertiary/aromatic N) is 1. The smallest absolute Gasteiger partial charge is 0.744 e. The number of hydrogen-bond donors (Lipinski definition) is 0. The van der Waals surface area contributed by atoms with E-state index in [0.717, 1.165) is 18.2 Å². The fraction of sp³-hybridized carbons (Fsp3) is 0.400. The Morgan fingerprint density at radius 2 is 1.50 bits per heavy atom. The second kappa shape index (κ2) is 8.77. The van der Waals surface area contributed by atoms with Crippen LogP contribution in [0.15, 0.2) is 28.0 Å². The molecule has 1 saturated heterocycles. The Morgan fingerprint density at radius 3 is 1.95 bits per heavy atom. The SMILES string of the molecule is O=S(=O)([O-])c1ccc(S(=O)(=O)[O-])c(N2CCOCC2)c1.[Na+].[Na+]. The summed E-state index contributed by atoms with van der Waals surface area (Å²) in [5.41, 5.74) is -0.0831. The Balaban J connectivity index is 0.00000220. The van der Waals surface area contributed by atoms with Gasteiger partial charge in [-0.15, -0.1) is 0 Å². The Hall–Kier alpha value is 0.800. The molecule has 1 fully saturated rings. The number of ether oxygens (including phenoxy) is 1. The first kappa shape index (κ1) is 22.8. The molecule has 0 N–H and O–H groups in total. The zero-order valence-corrected chi connectivity index (χ0v) is 17.8. The van der Waals surface area contributed by atoms with Gasteiger partial charge in [-0.3, -0.25) is 0 Å². The van der Waals surface area contributed by atoms with Gasteiger partial charge in [-0.1, -0.05) is 0 Å². The van der Waals surface area contributed by atoms with Crippen LogP contribution in [0.4, 0.5) is 5.69 Å². The predicted octanol–water partition coefficient (Wildman–Crippen LogP) is -6.66. The minimum atomic E-state index is -4.77. The third-order valence-corrected chi connectivity index (χ3v) is 4.56. The van der Waals surface area contributed by atoms with Gasteiger partial charge in [-0.2, -0.15) is 0 Å². The van der Waals surface area contributed by atoms with Gasteiger partial charge >= 0.3 is 59.1 Å². The molecule has 1 aromatic rings. The van der Waals surface area contributed by atoms with E-state index in [-0.39, 0.29) is 64.8 Å². The molecule has 0 saturated carbocycles. The maximum Gasteiger partial charge on any atom is 1.00 e. The summed E-state index contributed by atoms with van der Waals surface area (Å²) < 4.78 is 71.8. The van der Waals surface area contributed by atoms with Crippen LogP contribution in [-0.4, -0.2) is 52.2 Å². The summed E-state index contributed by atoms with van der Waals surface area (Å²) in [7, 11) is -9.51. The average Bonchev–Trinajstić information content (AvgIpc) is 2.37. The summed E-state index contributed by atoms with van der Waals surface area (Å²) in [4.78, 5) is 0.376. The van der Waals surface area contributed by atoms with E-state index < -0.39 is 30.0 Å². The number of hydrogen-bond acceptors (Lipinski definition) is 8. The number of morpholine rings is 1. The molecular weight excluding hydrogens is 356 g/mol. The molecule has 0 amide bonds. The molecule has 0 radical (unpaired) electrons. The van der Waals surface area contributed by atoms with Gasteiger partial charge in [0.2, 0.25) is 0 Å². The van der Waals surface area contributed by atoms with E-state index in [1.54, 1.807) is 0 Å². The van der Waals surface area contributed by atoms with E-state index >= 15 is 0 Å². The van der Waals surface area contributed by atoms with Crippen LogP contribution in [0.5, 0.6) is 0 Å². The first-order valence-corrected chi connectivity index (χ1v) is 8.40. The topological polar surface area (TPSA) is 127 Å². The molecule has 0 unspecified atom stereocenters. The summed E-state index contributed by atoms with van der Waals surface area (Å²) in [5.74, 6) is 0. The Morgan fingerprint density at radius 1 is 0.955 bits per heavy atom. The molecule has 1 aliphatic heterocycles. The minimum absolute atomic E-state index is 0. The molecule has 1 aliphatic rings. The quantitative estimate of drug-likeness (QED) is 0.381.